The zero-order chi connectivity index (χ0) is 10.1. The van der Waals surface area contributed by atoms with Crippen molar-refractivity contribution < 1.29 is 0 Å². The van der Waals surface area contributed by atoms with E-state index in [9.17, 15) is 0 Å². The third-order valence-corrected chi connectivity index (χ3v) is 3.60. The largest absolute Gasteiger partial charge is 0.310 e. The highest BCUT2D eigenvalue weighted by Crippen LogP contribution is 2.27. The summed E-state index contributed by atoms with van der Waals surface area (Å²) in [5.41, 5.74) is 1.02. The molecule has 78 valence electrons. The molecule has 1 fully saturated rings. The van der Waals surface area contributed by atoms with Gasteiger partial charge < -0.3 is 5.32 Å². The van der Waals surface area contributed by atoms with E-state index in [1.54, 1.807) is 11.3 Å². The molecule has 15 heavy (non-hydrogen) atoms. The highest BCUT2D eigenvalue weighted by atomic mass is 32.1. The monoisotopic (exact) mass is 219 g/mol. The third kappa shape index (κ3) is 2.16. The van der Waals surface area contributed by atoms with Crippen LogP contribution in [0.5, 0.6) is 0 Å². The average Bonchev–Trinajstić information content (AvgIpc) is 2.97. The fourth-order valence-corrected chi connectivity index (χ4v) is 2.47. The molecule has 0 spiro atoms. The fraction of sp³-hybridized carbons (Fsp3) is 0.455. The molecule has 1 aliphatic rings. The van der Waals surface area contributed by atoms with Crippen LogP contribution in [0, 0.1) is 5.92 Å². The summed E-state index contributed by atoms with van der Waals surface area (Å²) in [6.45, 7) is 2.03. The van der Waals surface area contributed by atoms with Gasteiger partial charge >= 0.3 is 0 Å². The van der Waals surface area contributed by atoms with Crippen LogP contribution in [0.3, 0.4) is 0 Å². The van der Waals surface area contributed by atoms with Crippen LogP contribution in [0.4, 0.5) is 0 Å². The Kier molecular flexibility index (Phi) is 2.38. The highest BCUT2D eigenvalue weighted by molar-refractivity contribution is 7.18. The minimum Gasteiger partial charge on any atom is -0.310 e. The summed E-state index contributed by atoms with van der Waals surface area (Å²) in [7, 11) is 0. The van der Waals surface area contributed by atoms with Gasteiger partial charge in [0.25, 0.3) is 0 Å². The lowest BCUT2D eigenvalue weighted by Crippen LogP contribution is -2.15. The van der Waals surface area contributed by atoms with Gasteiger partial charge in [-0.15, -0.1) is 0 Å². The molecular weight excluding hydrogens is 206 g/mol. The summed E-state index contributed by atoms with van der Waals surface area (Å²) >= 11 is 1.68. The van der Waals surface area contributed by atoms with Gasteiger partial charge in [0.1, 0.15) is 15.4 Å². The maximum atomic E-state index is 4.52. The van der Waals surface area contributed by atoms with E-state index >= 15 is 0 Å². The Labute approximate surface area is 92.6 Å². The lowest BCUT2D eigenvalue weighted by atomic mass is 10.4. The summed E-state index contributed by atoms with van der Waals surface area (Å²) in [6.07, 6.45) is 4.62. The van der Waals surface area contributed by atoms with Gasteiger partial charge in [0.15, 0.2) is 0 Å². The van der Waals surface area contributed by atoms with E-state index in [1.807, 2.05) is 18.3 Å². The van der Waals surface area contributed by atoms with Gasteiger partial charge in [0.05, 0.1) is 0 Å². The minimum absolute atomic E-state index is 0.886. The smallest absolute Gasteiger partial charge is 0.143 e. The first kappa shape index (κ1) is 9.24. The van der Waals surface area contributed by atoms with Crippen molar-refractivity contribution in [3.63, 3.8) is 0 Å². The minimum atomic E-state index is 0.886. The van der Waals surface area contributed by atoms with Crippen LogP contribution in [0.1, 0.15) is 17.8 Å². The zero-order valence-electron chi connectivity index (χ0n) is 8.44. The number of aromatic nitrogens is 2. The second-order valence-corrected chi connectivity index (χ2v) is 5.07. The molecule has 0 atom stereocenters. The van der Waals surface area contributed by atoms with Gasteiger partial charge in [-0.05, 0) is 37.4 Å². The zero-order valence-corrected chi connectivity index (χ0v) is 9.26. The van der Waals surface area contributed by atoms with Crippen molar-refractivity contribution >= 4 is 21.7 Å². The van der Waals surface area contributed by atoms with Crippen LogP contribution in [-0.4, -0.2) is 16.5 Å². The van der Waals surface area contributed by atoms with E-state index in [0.29, 0.717) is 0 Å². The quantitative estimate of drug-likeness (QED) is 0.856. The van der Waals surface area contributed by atoms with Crippen molar-refractivity contribution in [3.05, 3.63) is 23.3 Å². The van der Waals surface area contributed by atoms with Crippen LogP contribution in [-0.2, 0) is 6.54 Å². The molecule has 0 amide bonds. The van der Waals surface area contributed by atoms with Gasteiger partial charge in [-0.25, -0.2) is 9.97 Å². The summed E-state index contributed by atoms with van der Waals surface area (Å²) in [6, 6.07) is 3.95. The first-order valence-electron chi connectivity index (χ1n) is 5.33. The number of fused-ring (bicyclic) bond motifs is 1. The van der Waals surface area contributed by atoms with Crippen LogP contribution in [0.2, 0.25) is 0 Å². The first-order chi connectivity index (χ1) is 7.42. The van der Waals surface area contributed by atoms with E-state index < -0.39 is 0 Å². The second-order valence-electron chi connectivity index (χ2n) is 4.01. The summed E-state index contributed by atoms with van der Waals surface area (Å²) < 4.78 is 0. The number of nitrogens with one attached hydrogen (secondary N) is 1. The van der Waals surface area contributed by atoms with Crippen molar-refractivity contribution in [3.8, 4) is 0 Å². The summed E-state index contributed by atoms with van der Waals surface area (Å²) in [5, 5.41) is 4.59. The molecule has 0 unspecified atom stereocenters. The van der Waals surface area contributed by atoms with Crippen LogP contribution >= 0.6 is 11.3 Å². The molecular formula is C11H13N3S. The Morgan fingerprint density at radius 2 is 2.40 bits per heavy atom. The van der Waals surface area contributed by atoms with Gasteiger partial charge in [-0.3, -0.25) is 0 Å². The SMILES string of the molecule is c1cnc2sc(CNCC3CC3)nc2c1. The van der Waals surface area contributed by atoms with E-state index in [-0.39, 0.29) is 0 Å². The molecule has 0 aliphatic heterocycles. The highest BCUT2D eigenvalue weighted by Gasteiger charge is 2.20. The topological polar surface area (TPSA) is 37.8 Å². The molecule has 0 bridgehead atoms. The summed E-state index contributed by atoms with van der Waals surface area (Å²) in [4.78, 5) is 9.85. The maximum Gasteiger partial charge on any atom is 0.143 e. The van der Waals surface area contributed by atoms with Crippen molar-refractivity contribution in [1.29, 1.82) is 0 Å². The number of nitrogens with zero attached hydrogens (tertiary/aromatic N) is 2. The van der Waals surface area contributed by atoms with E-state index in [1.165, 1.54) is 12.8 Å². The molecule has 1 saturated carbocycles. The molecule has 1 aliphatic carbocycles. The Morgan fingerprint density at radius 3 is 3.20 bits per heavy atom. The Bertz CT molecular complexity index is 429. The summed E-state index contributed by atoms with van der Waals surface area (Å²) in [5.74, 6) is 0.928. The van der Waals surface area contributed by atoms with Crippen molar-refractivity contribution in [2.45, 2.75) is 19.4 Å². The molecule has 0 aromatic carbocycles. The van der Waals surface area contributed by atoms with E-state index in [0.717, 1.165) is 34.4 Å². The molecule has 1 N–H and O–H groups in total. The molecule has 0 radical (unpaired) electrons. The van der Waals surface area contributed by atoms with Crippen molar-refractivity contribution in [1.82, 2.24) is 15.3 Å². The van der Waals surface area contributed by atoms with Crippen LogP contribution in [0.15, 0.2) is 18.3 Å². The fourth-order valence-electron chi connectivity index (χ4n) is 1.60. The molecule has 4 heteroatoms. The maximum absolute atomic E-state index is 4.52. The van der Waals surface area contributed by atoms with Gasteiger partial charge in [0.2, 0.25) is 0 Å². The number of pyridine rings is 1. The lowest BCUT2D eigenvalue weighted by molar-refractivity contribution is 0.637. The molecule has 2 heterocycles. The number of hydrogen-bond acceptors (Lipinski definition) is 4. The van der Waals surface area contributed by atoms with Gasteiger partial charge in [-0.2, -0.15) is 0 Å². The number of rotatable bonds is 4. The number of hydrogen-bond donors (Lipinski definition) is 1. The molecule has 2 aromatic heterocycles. The van der Waals surface area contributed by atoms with E-state index in [2.05, 4.69) is 15.3 Å². The predicted octanol–water partition coefficient (Wildman–Crippen LogP) is 2.19. The molecule has 3 rings (SSSR count). The van der Waals surface area contributed by atoms with E-state index in [4.69, 9.17) is 0 Å². The first-order valence-corrected chi connectivity index (χ1v) is 6.14. The Hall–Kier alpha value is -1.00. The lowest BCUT2D eigenvalue weighted by Gasteiger charge is -1.98. The molecule has 0 saturated heterocycles. The molecule has 3 nitrogen and oxygen atoms in total. The van der Waals surface area contributed by atoms with Gasteiger partial charge in [-0.1, -0.05) is 11.3 Å². The predicted molar refractivity (Wildman–Crippen MR) is 61.8 cm³/mol. The van der Waals surface area contributed by atoms with Crippen molar-refractivity contribution in [2.75, 3.05) is 6.54 Å². The average molecular weight is 219 g/mol. The standard InChI is InChI=1S/C11H13N3S/c1-2-9-11(13-5-1)15-10(14-9)7-12-6-8-3-4-8/h1-2,5,8,12H,3-4,6-7H2. The second kappa shape index (κ2) is 3.87. The molecule has 2 aromatic rings. The van der Waals surface area contributed by atoms with Gasteiger partial charge in [0, 0.05) is 12.7 Å². The third-order valence-electron chi connectivity index (χ3n) is 2.62. The van der Waals surface area contributed by atoms with Crippen molar-refractivity contribution in [2.24, 2.45) is 5.92 Å². The number of thiazole rings is 1. The normalized spacial score (nSPS) is 16.0. The Balaban J connectivity index is 1.68. The Morgan fingerprint density at radius 1 is 1.47 bits per heavy atom. The van der Waals surface area contributed by atoms with Crippen LogP contribution < -0.4 is 5.32 Å². The van der Waals surface area contributed by atoms with Crippen LogP contribution in [0.25, 0.3) is 10.3 Å².